The van der Waals surface area contributed by atoms with Gasteiger partial charge in [-0.3, -0.25) is 24.1 Å². The van der Waals surface area contributed by atoms with Crippen LogP contribution in [-0.4, -0.2) is 41.7 Å². The van der Waals surface area contributed by atoms with Crippen molar-refractivity contribution in [2.45, 2.75) is 39.5 Å². The lowest BCUT2D eigenvalue weighted by Gasteiger charge is -2.27. The van der Waals surface area contributed by atoms with Gasteiger partial charge >= 0.3 is 5.97 Å². The van der Waals surface area contributed by atoms with Crippen molar-refractivity contribution in [3.63, 3.8) is 0 Å². The average molecular weight is 473 g/mol. The minimum atomic E-state index is -0.556. The summed E-state index contributed by atoms with van der Waals surface area (Å²) in [5, 5.41) is 4.37. The summed E-state index contributed by atoms with van der Waals surface area (Å²) < 4.78 is 5.13. The van der Waals surface area contributed by atoms with E-state index in [1.54, 1.807) is 24.3 Å². The number of rotatable bonds is 9. The molecule has 0 aliphatic carbocycles. The lowest BCUT2D eigenvalue weighted by Crippen LogP contribution is -2.41. The predicted molar refractivity (Wildman–Crippen MR) is 133 cm³/mol. The summed E-state index contributed by atoms with van der Waals surface area (Å²) in [6.07, 6.45) is 1.78. The number of anilines is 1. The summed E-state index contributed by atoms with van der Waals surface area (Å²) in [6, 6.07) is 16.6. The molecule has 0 saturated heterocycles. The maximum Gasteiger partial charge on any atom is 0.306 e. The molecule has 0 unspecified atom stereocenters. The van der Waals surface area contributed by atoms with E-state index in [4.69, 9.17) is 4.74 Å². The Morgan fingerprint density at radius 3 is 2.00 bits per heavy atom. The number of imide groups is 1. The molecule has 4 rings (SSSR count). The third-order valence-corrected chi connectivity index (χ3v) is 6.25. The summed E-state index contributed by atoms with van der Waals surface area (Å²) in [6.45, 7) is 3.73. The molecular formula is C28H28N2O5. The Morgan fingerprint density at radius 1 is 0.857 bits per heavy atom. The maximum atomic E-state index is 12.9. The van der Waals surface area contributed by atoms with Crippen LogP contribution in [-0.2, 0) is 27.2 Å². The SMILES string of the molecule is CCc1cccc(CC)c1NC(=O)COC(=O)CCCN1C(=O)c2cccc3cccc(c23)C1=O. The third kappa shape index (κ3) is 4.94. The van der Waals surface area contributed by atoms with E-state index < -0.39 is 18.5 Å². The minimum absolute atomic E-state index is 0.0120. The van der Waals surface area contributed by atoms with Gasteiger partial charge in [0.15, 0.2) is 6.61 Å². The molecule has 7 heteroatoms. The molecule has 1 aliphatic rings. The normalized spacial score (nSPS) is 12.7. The first-order valence-electron chi connectivity index (χ1n) is 11.9. The summed E-state index contributed by atoms with van der Waals surface area (Å²) in [5.74, 6) is -1.69. The van der Waals surface area contributed by atoms with Gasteiger partial charge in [-0.25, -0.2) is 0 Å². The van der Waals surface area contributed by atoms with Crippen LogP contribution in [0.1, 0.15) is 58.5 Å². The van der Waals surface area contributed by atoms with Crippen molar-refractivity contribution >= 4 is 40.2 Å². The first kappa shape index (κ1) is 24.1. The van der Waals surface area contributed by atoms with Gasteiger partial charge in [-0.05, 0) is 47.9 Å². The average Bonchev–Trinajstić information content (AvgIpc) is 2.88. The fourth-order valence-electron chi connectivity index (χ4n) is 4.46. The number of nitrogens with one attached hydrogen (secondary N) is 1. The van der Waals surface area contributed by atoms with Crippen LogP contribution in [0.2, 0.25) is 0 Å². The quantitative estimate of drug-likeness (QED) is 0.365. The van der Waals surface area contributed by atoms with E-state index in [1.165, 1.54) is 4.90 Å². The van der Waals surface area contributed by atoms with Gasteiger partial charge in [-0.1, -0.05) is 56.3 Å². The third-order valence-electron chi connectivity index (χ3n) is 6.25. The lowest BCUT2D eigenvalue weighted by molar-refractivity contribution is -0.147. The number of nitrogens with zero attached hydrogens (tertiary/aromatic N) is 1. The highest BCUT2D eigenvalue weighted by atomic mass is 16.5. The Kier molecular flexibility index (Phi) is 7.25. The van der Waals surface area contributed by atoms with Gasteiger partial charge < -0.3 is 10.1 Å². The standard InChI is InChI=1S/C28H28N2O5/c1-3-18-9-5-10-19(4-2)26(18)29-23(31)17-35-24(32)15-8-16-30-27(33)21-13-6-11-20-12-7-14-22(25(20)21)28(30)34/h5-7,9-14H,3-4,8,15-17H2,1-2H3,(H,29,31). The summed E-state index contributed by atoms with van der Waals surface area (Å²) in [7, 11) is 0. The number of amides is 3. The van der Waals surface area contributed by atoms with E-state index in [2.05, 4.69) is 5.32 Å². The van der Waals surface area contributed by atoms with Crippen molar-refractivity contribution in [1.29, 1.82) is 0 Å². The lowest BCUT2D eigenvalue weighted by atomic mass is 9.94. The van der Waals surface area contributed by atoms with Crippen LogP contribution >= 0.6 is 0 Å². The number of carbonyl (C=O) groups is 4. The van der Waals surface area contributed by atoms with Crippen LogP contribution < -0.4 is 5.32 Å². The number of carbonyl (C=O) groups excluding carboxylic acids is 4. The molecule has 1 aliphatic heterocycles. The predicted octanol–water partition coefficient (Wildman–Crippen LogP) is 4.52. The number of para-hydroxylation sites is 1. The number of hydrogen-bond acceptors (Lipinski definition) is 5. The summed E-state index contributed by atoms with van der Waals surface area (Å²) in [5.41, 5.74) is 3.79. The van der Waals surface area contributed by atoms with Gasteiger partial charge in [0.25, 0.3) is 17.7 Å². The van der Waals surface area contributed by atoms with E-state index in [0.29, 0.717) is 16.5 Å². The Labute approximate surface area is 204 Å². The largest absolute Gasteiger partial charge is 0.456 e. The molecule has 1 N–H and O–H groups in total. The van der Waals surface area contributed by atoms with Crippen LogP contribution in [0.4, 0.5) is 5.69 Å². The highest BCUT2D eigenvalue weighted by Gasteiger charge is 2.32. The van der Waals surface area contributed by atoms with E-state index >= 15 is 0 Å². The second kappa shape index (κ2) is 10.5. The molecule has 3 aromatic rings. The van der Waals surface area contributed by atoms with Crippen LogP contribution in [0.3, 0.4) is 0 Å². The zero-order valence-electron chi connectivity index (χ0n) is 19.9. The van der Waals surface area contributed by atoms with E-state index in [-0.39, 0.29) is 31.2 Å². The van der Waals surface area contributed by atoms with E-state index in [9.17, 15) is 19.2 Å². The molecule has 3 aromatic carbocycles. The highest BCUT2D eigenvalue weighted by Crippen LogP contribution is 2.30. The van der Waals surface area contributed by atoms with Crippen molar-refractivity contribution in [3.8, 4) is 0 Å². The second-order valence-corrected chi connectivity index (χ2v) is 8.44. The molecular weight excluding hydrogens is 444 g/mol. The van der Waals surface area contributed by atoms with Gasteiger partial charge in [-0.15, -0.1) is 0 Å². The van der Waals surface area contributed by atoms with Gasteiger partial charge in [-0.2, -0.15) is 0 Å². The van der Waals surface area contributed by atoms with Crippen molar-refractivity contribution in [2.75, 3.05) is 18.5 Å². The molecule has 0 aromatic heterocycles. The van der Waals surface area contributed by atoms with E-state index in [0.717, 1.165) is 35.0 Å². The molecule has 0 bridgehead atoms. The molecule has 0 atom stereocenters. The monoisotopic (exact) mass is 472 g/mol. The minimum Gasteiger partial charge on any atom is -0.456 e. The van der Waals surface area contributed by atoms with Gasteiger partial charge in [0, 0.05) is 35.2 Å². The Balaban J connectivity index is 1.30. The molecule has 3 amide bonds. The fourth-order valence-corrected chi connectivity index (χ4v) is 4.46. The van der Waals surface area contributed by atoms with Gasteiger partial charge in [0.2, 0.25) is 0 Å². The second-order valence-electron chi connectivity index (χ2n) is 8.44. The number of aryl methyl sites for hydroxylation is 2. The summed E-state index contributed by atoms with van der Waals surface area (Å²) in [4.78, 5) is 51.6. The molecule has 0 fully saturated rings. The van der Waals surface area contributed by atoms with Gasteiger partial charge in [0.1, 0.15) is 0 Å². The molecule has 1 heterocycles. The molecule has 7 nitrogen and oxygen atoms in total. The molecule has 0 saturated carbocycles. The molecule has 0 spiro atoms. The fraction of sp³-hybridized carbons (Fsp3) is 0.286. The van der Waals surface area contributed by atoms with Crippen LogP contribution in [0.15, 0.2) is 54.6 Å². The van der Waals surface area contributed by atoms with Crippen molar-refractivity contribution in [1.82, 2.24) is 4.90 Å². The zero-order valence-corrected chi connectivity index (χ0v) is 19.9. The molecule has 0 radical (unpaired) electrons. The van der Waals surface area contributed by atoms with Crippen molar-refractivity contribution < 1.29 is 23.9 Å². The van der Waals surface area contributed by atoms with Gasteiger partial charge in [0.05, 0.1) is 0 Å². The molecule has 180 valence electrons. The summed E-state index contributed by atoms with van der Waals surface area (Å²) >= 11 is 0. The first-order chi connectivity index (χ1) is 16.9. The first-order valence-corrected chi connectivity index (χ1v) is 11.9. The molecule has 35 heavy (non-hydrogen) atoms. The smallest absolute Gasteiger partial charge is 0.306 e. The number of benzene rings is 3. The van der Waals surface area contributed by atoms with Crippen LogP contribution in [0.5, 0.6) is 0 Å². The van der Waals surface area contributed by atoms with Crippen LogP contribution in [0.25, 0.3) is 10.8 Å². The number of esters is 1. The van der Waals surface area contributed by atoms with E-state index in [1.807, 2.05) is 44.2 Å². The van der Waals surface area contributed by atoms with Crippen molar-refractivity contribution in [3.05, 3.63) is 76.9 Å². The number of hydrogen-bond donors (Lipinski definition) is 1. The Morgan fingerprint density at radius 2 is 1.43 bits per heavy atom. The number of ether oxygens (including phenoxy) is 1. The Hall–Kier alpha value is -4.00. The van der Waals surface area contributed by atoms with Crippen LogP contribution in [0, 0.1) is 0 Å². The highest BCUT2D eigenvalue weighted by molar-refractivity contribution is 6.25. The Bertz CT molecular complexity index is 1240. The zero-order chi connectivity index (χ0) is 24.9. The maximum absolute atomic E-state index is 12.9. The van der Waals surface area contributed by atoms with Crippen molar-refractivity contribution in [2.24, 2.45) is 0 Å². The topological polar surface area (TPSA) is 92.8 Å².